The summed E-state index contributed by atoms with van der Waals surface area (Å²) in [4.78, 5) is 13.2. The number of aliphatic carboxylic acids is 1. The number of carboxylic acid groups (broad SMARTS) is 1. The standard InChI is InChI=1S/C6H11N3O4S/c1-6(5(10)11,14(2,12)13)3-4-8-9-7/h3-4H2,1-2H3,(H,10,11). The Kier molecular flexibility index (Phi) is 3.91. The number of hydrogen-bond acceptors (Lipinski definition) is 4. The molecule has 0 rings (SSSR count). The van der Waals surface area contributed by atoms with Gasteiger partial charge in [-0.15, -0.1) is 0 Å². The molecule has 80 valence electrons. The van der Waals surface area contributed by atoms with Crippen LogP contribution in [0.1, 0.15) is 13.3 Å². The smallest absolute Gasteiger partial charge is 0.324 e. The van der Waals surface area contributed by atoms with Crippen molar-refractivity contribution in [1.29, 1.82) is 0 Å². The summed E-state index contributed by atoms with van der Waals surface area (Å²) in [6, 6.07) is 0. The Bertz CT molecular complexity index is 371. The van der Waals surface area contributed by atoms with Gasteiger partial charge in [-0.25, -0.2) is 8.42 Å². The third kappa shape index (κ3) is 2.61. The van der Waals surface area contributed by atoms with Gasteiger partial charge in [0.1, 0.15) is 0 Å². The van der Waals surface area contributed by atoms with Crippen molar-refractivity contribution in [2.75, 3.05) is 12.8 Å². The van der Waals surface area contributed by atoms with Crippen LogP contribution in [0.3, 0.4) is 0 Å². The van der Waals surface area contributed by atoms with Gasteiger partial charge in [0.2, 0.25) is 0 Å². The number of carbonyl (C=O) groups is 1. The van der Waals surface area contributed by atoms with Crippen LogP contribution >= 0.6 is 0 Å². The number of carboxylic acids is 1. The summed E-state index contributed by atoms with van der Waals surface area (Å²) in [5.41, 5.74) is 7.97. The van der Waals surface area contributed by atoms with Crippen molar-refractivity contribution in [2.45, 2.75) is 18.1 Å². The maximum Gasteiger partial charge on any atom is 0.324 e. The minimum absolute atomic E-state index is 0.160. The van der Waals surface area contributed by atoms with E-state index < -0.39 is 20.6 Å². The average molecular weight is 221 g/mol. The van der Waals surface area contributed by atoms with Gasteiger partial charge in [0, 0.05) is 17.7 Å². The van der Waals surface area contributed by atoms with E-state index in [4.69, 9.17) is 10.6 Å². The summed E-state index contributed by atoms with van der Waals surface area (Å²) in [7, 11) is -3.73. The Morgan fingerprint density at radius 2 is 2.14 bits per heavy atom. The van der Waals surface area contributed by atoms with Crippen molar-refractivity contribution >= 4 is 15.8 Å². The van der Waals surface area contributed by atoms with E-state index in [9.17, 15) is 13.2 Å². The van der Waals surface area contributed by atoms with Gasteiger partial charge >= 0.3 is 5.97 Å². The van der Waals surface area contributed by atoms with Crippen LogP contribution < -0.4 is 0 Å². The second-order valence-corrected chi connectivity index (χ2v) is 5.46. The number of sulfone groups is 1. The first kappa shape index (κ1) is 12.7. The molecule has 1 atom stereocenters. The van der Waals surface area contributed by atoms with Gasteiger partial charge in [0.05, 0.1) is 0 Å². The minimum Gasteiger partial charge on any atom is -0.480 e. The van der Waals surface area contributed by atoms with Crippen molar-refractivity contribution in [1.82, 2.24) is 0 Å². The zero-order valence-corrected chi connectivity index (χ0v) is 8.65. The lowest BCUT2D eigenvalue weighted by atomic mass is 10.1. The summed E-state index contributed by atoms with van der Waals surface area (Å²) < 4.78 is 20.5. The third-order valence-corrected chi connectivity index (χ3v) is 4.04. The Morgan fingerprint density at radius 1 is 1.64 bits per heavy atom. The van der Waals surface area contributed by atoms with Crippen molar-refractivity contribution in [2.24, 2.45) is 5.11 Å². The zero-order chi connectivity index (χ0) is 11.4. The molecule has 14 heavy (non-hydrogen) atoms. The van der Waals surface area contributed by atoms with E-state index in [1.807, 2.05) is 0 Å². The Hall–Kier alpha value is -1.27. The molecule has 0 heterocycles. The molecule has 0 aliphatic carbocycles. The number of azide groups is 1. The van der Waals surface area contributed by atoms with Crippen LogP contribution in [0.5, 0.6) is 0 Å². The fourth-order valence-electron chi connectivity index (χ4n) is 0.759. The van der Waals surface area contributed by atoms with Gasteiger partial charge in [0.15, 0.2) is 14.6 Å². The molecular formula is C6H11N3O4S. The van der Waals surface area contributed by atoms with E-state index in [0.717, 1.165) is 13.2 Å². The molecule has 0 aromatic carbocycles. The number of hydrogen-bond donors (Lipinski definition) is 1. The van der Waals surface area contributed by atoms with E-state index in [0.29, 0.717) is 0 Å². The molecule has 1 N–H and O–H groups in total. The molecule has 0 fully saturated rings. The van der Waals surface area contributed by atoms with Crippen LogP contribution in [-0.4, -0.2) is 37.0 Å². The van der Waals surface area contributed by atoms with Crippen LogP contribution in [0, 0.1) is 0 Å². The number of rotatable bonds is 5. The molecule has 0 aliphatic heterocycles. The summed E-state index contributed by atoms with van der Waals surface area (Å²) in [5, 5.41) is 11.9. The molecule has 0 amide bonds. The van der Waals surface area contributed by atoms with Crippen LogP contribution in [0.2, 0.25) is 0 Å². The predicted octanol–water partition coefficient (Wildman–Crippen LogP) is 0.575. The quantitative estimate of drug-likeness (QED) is 0.414. The minimum atomic E-state index is -3.73. The molecule has 0 aromatic rings. The van der Waals surface area contributed by atoms with Gasteiger partial charge < -0.3 is 5.11 Å². The molecule has 0 radical (unpaired) electrons. The second-order valence-electron chi connectivity index (χ2n) is 3.01. The normalized spacial score (nSPS) is 15.3. The SMILES string of the molecule is CC(CCN=[N+]=[N-])(C(=O)O)S(C)(=O)=O. The Balaban J connectivity index is 4.94. The first-order chi connectivity index (χ1) is 6.25. The van der Waals surface area contributed by atoms with E-state index in [2.05, 4.69) is 10.0 Å². The second kappa shape index (κ2) is 4.30. The van der Waals surface area contributed by atoms with Crippen LogP contribution in [-0.2, 0) is 14.6 Å². The van der Waals surface area contributed by atoms with Crippen LogP contribution in [0.4, 0.5) is 0 Å². The maximum absolute atomic E-state index is 11.2. The lowest BCUT2D eigenvalue weighted by Crippen LogP contribution is -2.43. The van der Waals surface area contributed by atoms with Crippen molar-refractivity contribution in [3.63, 3.8) is 0 Å². The van der Waals surface area contributed by atoms with E-state index in [-0.39, 0.29) is 13.0 Å². The largest absolute Gasteiger partial charge is 0.480 e. The number of nitrogens with zero attached hydrogens (tertiary/aromatic N) is 3. The summed E-state index contributed by atoms with van der Waals surface area (Å²) in [6.07, 6.45) is 0.614. The maximum atomic E-state index is 11.2. The first-order valence-corrected chi connectivity index (χ1v) is 5.58. The summed E-state index contributed by atoms with van der Waals surface area (Å²) in [6.45, 7) is 0.934. The molecule has 0 spiro atoms. The summed E-state index contributed by atoms with van der Waals surface area (Å²) >= 11 is 0. The zero-order valence-electron chi connectivity index (χ0n) is 7.84. The topological polar surface area (TPSA) is 120 Å². The summed E-state index contributed by atoms with van der Waals surface area (Å²) in [5.74, 6) is -1.44. The van der Waals surface area contributed by atoms with Crippen molar-refractivity contribution < 1.29 is 18.3 Å². The monoisotopic (exact) mass is 221 g/mol. The molecular weight excluding hydrogens is 210 g/mol. The molecule has 1 unspecified atom stereocenters. The molecule has 7 nitrogen and oxygen atoms in total. The lowest BCUT2D eigenvalue weighted by Gasteiger charge is -2.21. The highest BCUT2D eigenvalue weighted by atomic mass is 32.2. The van der Waals surface area contributed by atoms with Crippen molar-refractivity contribution in [3.8, 4) is 0 Å². The Morgan fingerprint density at radius 3 is 2.43 bits per heavy atom. The molecule has 0 aliphatic rings. The first-order valence-electron chi connectivity index (χ1n) is 3.69. The molecule has 0 saturated carbocycles. The van der Waals surface area contributed by atoms with E-state index in [1.54, 1.807) is 0 Å². The molecule has 0 saturated heterocycles. The molecule has 8 heteroatoms. The van der Waals surface area contributed by atoms with E-state index >= 15 is 0 Å². The average Bonchev–Trinajstić information content (AvgIpc) is 2.02. The molecule has 0 aromatic heterocycles. The van der Waals surface area contributed by atoms with Gasteiger partial charge in [-0.2, -0.15) is 0 Å². The van der Waals surface area contributed by atoms with Gasteiger partial charge in [0.25, 0.3) is 0 Å². The van der Waals surface area contributed by atoms with Gasteiger partial charge in [-0.05, 0) is 18.9 Å². The third-order valence-electron chi connectivity index (χ3n) is 2.02. The predicted molar refractivity (Wildman–Crippen MR) is 49.5 cm³/mol. The Labute approximate surface area is 81.3 Å². The van der Waals surface area contributed by atoms with Crippen LogP contribution in [0.15, 0.2) is 5.11 Å². The highest BCUT2D eigenvalue weighted by Crippen LogP contribution is 2.21. The van der Waals surface area contributed by atoms with Gasteiger partial charge in [-0.3, -0.25) is 4.79 Å². The fraction of sp³-hybridized carbons (Fsp3) is 0.833. The van der Waals surface area contributed by atoms with Crippen LogP contribution in [0.25, 0.3) is 10.4 Å². The molecule has 0 bridgehead atoms. The lowest BCUT2D eigenvalue weighted by molar-refractivity contribution is -0.139. The van der Waals surface area contributed by atoms with Crippen molar-refractivity contribution in [3.05, 3.63) is 10.4 Å². The highest BCUT2D eigenvalue weighted by molar-refractivity contribution is 7.92. The fourth-order valence-corrected chi connectivity index (χ4v) is 1.54. The van der Waals surface area contributed by atoms with E-state index in [1.165, 1.54) is 0 Å². The highest BCUT2D eigenvalue weighted by Gasteiger charge is 2.42. The van der Waals surface area contributed by atoms with Gasteiger partial charge in [-0.1, -0.05) is 5.11 Å².